The van der Waals surface area contributed by atoms with Gasteiger partial charge in [-0.1, -0.05) is 18.2 Å². The van der Waals surface area contributed by atoms with Gasteiger partial charge in [-0.25, -0.2) is 4.98 Å². The average molecular weight is 411 g/mol. The number of carbonyl (C=O) groups is 1. The molecule has 1 aromatic heterocycles. The Labute approximate surface area is 175 Å². The molecule has 0 atom stereocenters. The van der Waals surface area contributed by atoms with E-state index in [1.54, 1.807) is 35.5 Å². The van der Waals surface area contributed by atoms with Crippen molar-refractivity contribution >= 4 is 17.2 Å². The highest BCUT2D eigenvalue weighted by atomic mass is 32.1. The zero-order valence-electron chi connectivity index (χ0n) is 17.3. The van der Waals surface area contributed by atoms with Crippen LogP contribution in [0, 0.1) is 13.8 Å². The number of nitrogens with zero attached hydrogens (tertiary/aromatic N) is 2. The minimum atomic E-state index is -0.0346. The van der Waals surface area contributed by atoms with Crippen molar-refractivity contribution in [2.45, 2.75) is 33.9 Å². The van der Waals surface area contributed by atoms with Crippen LogP contribution in [0.2, 0.25) is 0 Å². The quantitative estimate of drug-likeness (QED) is 0.524. The van der Waals surface area contributed by atoms with Gasteiger partial charge < -0.3 is 14.4 Å². The van der Waals surface area contributed by atoms with Gasteiger partial charge >= 0.3 is 0 Å². The number of methoxy groups -OCH3 is 1. The summed E-state index contributed by atoms with van der Waals surface area (Å²) in [5.74, 6) is 1.52. The number of rotatable bonds is 8. The normalized spacial score (nSPS) is 10.6. The molecule has 29 heavy (non-hydrogen) atoms. The maximum absolute atomic E-state index is 12.9. The second kappa shape index (κ2) is 9.56. The minimum absolute atomic E-state index is 0.0346. The molecule has 3 aromatic rings. The van der Waals surface area contributed by atoms with Crippen LogP contribution in [-0.4, -0.2) is 29.4 Å². The molecule has 0 bridgehead atoms. The minimum Gasteiger partial charge on any atom is -0.497 e. The van der Waals surface area contributed by atoms with Gasteiger partial charge in [-0.15, -0.1) is 11.3 Å². The highest BCUT2D eigenvalue weighted by Crippen LogP contribution is 2.23. The molecule has 3 rings (SSSR count). The largest absolute Gasteiger partial charge is 0.497 e. The molecule has 5 nitrogen and oxygen atoms in total. The molecule has 0 unspecified atom stereocenters. The molecule has 0 aliphatic rings. The van der Waals surface area contributed by atoms with Crippen LogP contribution in [0.25, 0.3) is 0 Å². The Kier molecular flexibility index (Phi) is 6.88. The van der Waals surface area contributed by atoms with Crippen LogP contribution >= 0.6 is 11.3 Å². The SMILES string of the molecule is CCN(Cc1csc(COc2cccc(C)c2C)n1)C(=O)c1cccc(OC)c1. The number of thiazole rings is 1. The molecule has 0 saturated carbocycles. The van der Waals surface area contributed by atoms with E-state index < -0.39 is 0 Å². The number of aromatic nitrogens is 1. The van der Waals surface area contributed by atoms with Gasteiger partial charge in [0.1, 0.15) is 23.1 Å². The van der Waals surface area contributed by atoms with E-state index in [0.29, 0.717) is 31.0 Å². The number of hydrogen-bond acceptors (Lipinski definition) is 5. The van der Waals surface area contributed by atoms with Crippen LogP contribution in [0.4, 0.5) is 0 Å². The maximum atomic E-state index is 12.9. The van der Waals surface area contributed by atoms with Crippen molar-refractivity contribution in [2.75, 3.05) is 13.7 Å². The summed E-state index contributed by atoms with van der Waals surface area (Å²) in [7, 11) is 1.60. The Hall–Kier alpha value is -2.86. The van der Waals surface area contributed by atoms with Crippen LogP contribution in [0.5, 0.6) is 11.5 Å². The fraction of sp³-hybridized carbons (Fsp3) is 0.304. The van der Waals surface area contributed by atoms with Crippen LogP contribution in [0.1, 0.15) is 39.1 Å². The van der Waals surface area contributed by atoms with E-state index >= 15 is 0 Å². The molecule has 1 heterocycles. The van der Waals surface area contributed by atoms with E-state index in [9.17, 15) is 4.79 Å². The van der Waals surface area contributed by atoms with Crippen molar-refractivity contribution in [3.8, 4) is 11.5 Å². The molecule has 0 radical (unpaired) electrons. The Morgan fingerprint density at radius 1 is 1.17 bits per heavy atom. The number of carbonyl (C=O) groups excluding carboxylic acids is 1. The molecule has 0 spiro atoms. The first-order valence-electron chi connectivity index (χ1n) is 9.57. The first-order chi connectivity index (χ1) is 14.0. The molecular weight excluding hydrogens is 384 g/mol. The smallest absolute Gasteiger partial charge is 0.254 e. The summed E-state index contributed by atoms with van der Waals surface area (Å²) in [5, 5.41) is 2.88. The van der Waals surface area contributed by atoms with Crippen LogP contribution in [-0.2, 0) is 13.2 Å². The van der Waals surface area contributed by atoms with Crippen LogP contribution < -0.4 is 9.47 Å². The molecule has 0 aliphatic carbocycles. The van der Waals surface area contributed by atoms with Crippen molar-refractivity contribution in [3.63, 3.8) is 0 Å². The van der Waals surface area contributed by atoms with Gasteiger partial charge in [-0.3, -0.25) is 4.79 Å². The third-order valence-electron chi connectivity index (χ3n) is 4.84. The maximum Gasteiger partial charge on any atom is 0.254 e. The van der Waals surface area contributed by atoms with Gasteiger partial charge in [-0.2, -0.15) is 0 Å². The zero-order valence-corrected chi connectivity index (χ0v) is 18.1. The zero-order chi connectivity index (χ0) is 20.8. The Balaban J connectivity index is 1.64. The van der Waals surface area contributed by atoms with Gasteiger partial charge in [0.05, 0.1) is 19.3 Å². The average Bonchev–Trinajstić information content (AvgIpc) is 3.20. The monoisotopic (exact) mass is 410 g/mol. The molecule has 1 amide bonds. The van der Waals surface area contributed by atoms with Crippen molar-refractivity contribution in [3.05, 3.63) is 75.2 Å². The summed E-state index contributed by atoms with van der Waals surface area (Å²) >= 11 is 1.55. The highest BCUT2D eigenvalue weighted by molar-refractivity contribution is 7.09. The molecule has 0 aliphatic heterocycles. The molecule has 6 heteroatoms. The molecule has 2 aromatic carbocycles. The van der Waals surface area contributed by atoms with Crippen molar-refractivity contribution in [2.24, 2.45) is 0 Å². The molecule has 152 valence electrons. The van der Waals surface area contributed by atoms with Crippen molar-refractivity contribution < 1.29 is 14.3 Å². The number of ether oxygens (including phenoxy) is 2. The number of amides is 1. The number of aryl methyl sites for hydroxylation is 1. The lowest BCUT2D eigenvalue weighted by molar-refractivity contribution is 0.0750. The summed E-state index contributed by atoms with van der Waals surface area (Å²) in [6.07, 6.45) is 0. The lowest BCUT2D eigenvalue weighted by atomic mass is 10.1. The van der Waals surface area contributed by atoms with E-state index in [1.165, 1.54) is 5.56 Å². The first-order valence-corrected chi connectivity index (χ1v) is 10.5. The second-order valence-electron chi connectivity index (χ2n) is 6.77. The van der Waals surface area contributed by atoms with Gasteiger partial charge in [0.25, 0.3) is 5.91 Å². The molecular formula is C23H26N2O3S. The predicted octanol–water partition coefficient (Wildman–Crippen LogP) is 5.01. The fourth-order valence-electron chi connectivity index (χ4n) is 2.97. The third kappa shape index (κ3) is 5.15. The van der Waals surface area contributed by atoms with Gasteiger partial charge in [0, 0.05) is 17.5 Å². The summed E-state index contributed by atoms with van der Waals surface area (Å²) in [5.41, 5.74) is 3.83. The van der Waals surface area contributed by atoms with E-state index in [4.69, 9.17) is 9.47 Å². The van der Waals surface area contributed by atoms with E-state index in [-0.39, 0.29) is 5.91 Å². The predicted molar refractivity (Wildman–Crippen MR) is 116 cm³/mol. The van der Waals surface area contributed by atoms with Crippen molar-refractivity contribution in [1.29, 1.82) is 0 Å². The van der Waals surface area contributed by atoms with Crippen molar-refractivity contribution in [1.82, 2.24) is 9.88 Å². The van der Waals surface area contributed by atoms with E-state index in [0.717, 1.165) is 22.0 Å². The Morgan fingerprint density at radius 2 is 1.97 bits per heavy atom. The summed E-state index contributed by atoms with van der Waals surface area (Å²) in [6, 6.07) is 13.3. The molecule has 0 N–H and O–H groups in total. The number of hydrogen-bond donors (Lipinski definition) is 0. The second-order valence-corrected chi connectivity index (χ2v) is 7.71. The van der Waals surface area contributed by atoms with E-state index in [2.05, 4.69) is 24.9 Å². The lowest BCUT2D eigenvalue weighted by Gasteiger charge is -2.20. The Bertz CT molecular complexity index is 984. The number of benzene rings is 2. The highest BCUT2D eigenvalue weighted by Gasteiger charge is 2.17. The third-order valence-corrected chi connectivity index (χ3v) is 5.72. The standard InChI is InChI=1S/C23H26N2O3S/c1-5-25(23(26)18-9-7-10-20(12-18)27-4)13-19-15-29-22(24-19)14-28-21-11-6-8-16(2)17(21)3/h6-12,15H,5,13-14H2,1-4H3. The summed E-state index contributed by atoms with van der Waals surface area (Å²) < 4.78 is 11.2. The van der Waals surface area contributed by atoms with Crippen LogP contribution in [0.3, 0.4) is 0 Å². The van der Waals surface area contributed by atoms with Gasteiger partial charge in [0.15, 0.2) is 0 Å². The first kappa shape index (κ1) is 20.9. The topological polar surface area (TPSA) is 51.7 Å². The Morgan fingerprint density at radius 3 is 2.72 bits per heavy atom. The van der Waals surface area contributed by atoms with E-state index in [1.807, 2.05) is 36.6 Å². The lowest BCUT2D eigenvalue weighted by Crippen LogP contribution is -2.30. The van der Waals surface area contributed by atoms with Crippen LogP contribution in [0.15, 0.2) is 47.8 Å². The summed E-state index contributed by atoms with van der Waals surface area (Å²) in [4.78, 5) is 19.3. The summed E-state index contributed by atoms with van der Waals surface area (Å²) in [6.45, 7) is 7.58. The molecule has 0 saturated heterocycles. The molecule has 0 fully saturated rings. The fourth-order valence-corrected chi connectivity index (χ4v) is 3.67. The van der Waals surface area contributed by atoms with Gasteiger partial charge in [0.2, 0.25) is 0 Å². The van der Waals surface area contributed by atoms with Gasteiger partial charge in [-0.05, 0) is 56.2 Å².